The van der Waals surface area contributed by atoms with E-state index in [1.807, 2.05) is 0 Å². The van der Waals surface area contributed by atoms with Gasteiger partial charge in [-0.15, -0.1) is 6.58 Å². The lowest BCUT2D eigenvalue weighted by atomic mass is 9.76. The highest BCUT2D eigenvalue weighted by Gasteiger charge is 2.48. The third-order valence-electron chi connectivity index (χ3n) is 3.25. The molecule has 1 aromatic carbocycles. The molecule has 0 aliphatic carbocycles. The molecule has 1 aromatic rings. The molecule has 0 radical (unpaired) electrons. The molecule has 0 saturated heterocycles. The number of carboxylic acids is 1. The van der Waals surface area contributed by atoms with Crippen molar-refractivity contribution in [1.29, 1.82) is 0 Å². The van der Waals surface area contributed by atoms with E-state index in [0.29, 0.717) is 12.0 Å². The molecule has 114 valence electrons. The van der Waals surface area contributed by atoms with Gasteiger partial charge < -0.3 is 9.84 Å². The molecule has 0 aliphatic rings. The molecule has 4 nitrogen and oxygen atoms in total. The smallest absolute Gasteiger partial charge is 0.328 e. The Balaban J connectivity index is 3.35. The highest BCUT2D eigenvalue weighted by atomic mass is 79.9. The lowest BCUT2D eigenvalue weighted by Crippen LogP contribution is -2.45. The Labute approximate surface area is 132 Å². The quantitative estimate of drug-likeness (QED) is 0.460. The van der Waals surface area contributed by atoms with Crippen LogP contribution in [0.5, 0.6) is 0 Å². The summed E-state index contributed by atoms with van der Waals surface area (Å²) in [6, 6.07) is 6.70. The molecule has 0 aromatic heterocycles. The van der Waals surface area contributed by atoms with Gasteiger partial charge >= 0.3 is 11.9 Å². The largest absolute Gasteiger partial charge is 0.480 e. The van der Waals surface area contributed by atoms with Gasteiger partial charge in [0.05, 0.1) is 6.61 Å². The van der Waals surface area contributed by atoms with Gasteiger partial charge in [0.25, 0.3) is 0 Å². The molecule has 0 amide bonds. The first-order valence-electron chi connectivity index (χ1n) is 6.65. The zero-order valence-corrected chi connectivity index (χ0v) is 13.8. The van der Waals surface area contributed by atoms with Gasteiger partial charge in [0.15, 0.2) is 5.41 Å². The van der Waals surface area contributed by atoms with Gasteiger partial charge in [-0.1, -0.05) is 33.6 Å². The number of hydrogen-bond acceptors (Lipinski definition) is 3. The van der Waals surface area contributed by atoms with E-state index in [1.54, 1.807) is 38.1 Å². The van der Waals surface area contributed by atoms with Crippen LogP contribution < -0.4 is 0 Å². The van der Waals surface area contributed by atoms with Crippen LogP contribution in [0.15, 0.2) is 40.9 Å². The molecule has 0 fully saturated rings. The van der Waals surface area contributed by atoms with Crippen LogP contribution in [0.4, 0.5) is 0 Å². The van der Waals surface area contributed by atoms with Gasteiger partial charge in [-0.3, -0.25) is 9.59 Å². The Hall–Kier alpha value is -1.62. The second kappa shape index (κ2) is 7.41. The van der Waals surface area contributed by atoms with E-state index >= 15 is 0 Å². The van der Waals surface area contributed by atoms with Crippen LogP contribution in [0.2, 0.25) is 0 Å². The van der Waals surface area contributed by atoms with E-state index in [2.05, 4.69) is 22.5 Å². The Bertz CT molecular complexity index is 536. The van der Waals surface area contributed by atoms with Gasteiger partial charge in [-0.05, 0) is 44.4 Å². The normalized spacial score (nSPS) is 13.3. The number of esters is 1. The van der Waals surface area contributed by atoms with Crippen LogP contribution in [-0.2, 0) is 19.7 Å². The van der Waals surface area contributed by atoms with Gasteiger partial charge in [-0.2, -0.15) is 0 Å². The SMILES string of the molecule is C=C(C)CCC(C(=O)O)(C(=O)OCC)c1ccc(Br)cc1. The summed E-state index contributed by atoms with van der Waals surface area (Å²) < 4.78 is 5.84. The maximum atomic E-state index is 12.4. The van der Waals surface area contributed by atoms with Crippen LogP contribution >= 0.6 is 15.9 Å². The summed E-state index contributed by atoms with van der Waals surface area (Å²) in [7, 11) is 0. The highest BCUT2D eigenvalue weighted by Crippen LogP contribution is 2.33. The first-order valence-corrected chi connectivity index (χ1v) is 7.45. The number of carboxylic acid groups (broad SMARTS) is 1. The molecule has 0 aliphatic heterocycles. The fraction of sp³-hybridized carbons (Fsp3) is 0.375. The molecule has 5 heteroatoms. The molecule has 1 rings (SSSR count). The van der Waals surface area contributed by atoms with E-state index in [9.17, 15) is 14.7 Å². The Kier molecular flexibility index (Phi) is 6.15. The first kappa shape index (κ1) is 17.4. The number of allylic oxidation sites excluding steroid dienone is 1. The van der Waals surface area contributed by atoms with E-state index in [0.717, 1.165) is 10.0 Å². The van der Waals surface area contributed by atoms with Crippen molar-refractivity contribution in [3.8, 4) is 0 Å². The summed E-state index contributed by atoms with van der Waals surface area (Å²) in [5.74, 6) is -1.94. The minimum Gasteiger partial charge on any atom is -0.480 e. The van der Waals surface area contributed by atoms with Crippen LogP contribution in [0.25, 0.3) is 0 Å². The van der Waals surface area contributed by atoms with Crippen LogP contribution in [0, 0.1) is 0 Å². The third kappa shape index (κ3) is 3.94. The molecule has 1 atom stereocenters. The van der Waals surface area contributed by atoms with Crippen molar-refractivity contribution in [3.63, 3.8) is 0 Å². The zero-order chi connectivity index (χ0) is 16.0. The van der Waals surface area contributed by atoms with Gasteiger partial charge in [0, 0.05) is 4.47 Å². The predicted molar refractivity (Wildman–Crippen MR) is 84.1 cm³/mol. The lowest BCUT2D eigenvalue weighted by Gasteiger charge is -2.27. The summed E-state index contributed by atoms with van der Waals surface area (Å²) in [4.78, 5) is 24.3. The van der Waals surface area contributed by atoms with Crippen LogP contribution in [0.1, 0.15) is 32.3 Å². The summed E-state index contributed by atoms with van der Waals surface area (Å²) >= 11 is 3.30. The number of carbonyl (C=O) groups is 2. The Morgan fingerprint density at radius 3 is 2.33 bits per heavy atom. The molecule has 1 unspecified atom stereocenters. The van der Waals surface area contributed by atoms with Crippen molar-refractivity contribution in [2.45, 2.75) is 32.1 Å². The van der Waals surface area contributed by atoms with E-state index in [1.165, 1.54) is 0 Å². The summed E-state index contributed by atoms with van der Waals surface area (Å²) in [5.41, 5.74) is -0.463. The van der Waals surface area contributed by atoms with Crippen molar-refractivity contribution in [3.05, 3.63) is 46.5 Å². The minimum atomic E-state index is -1.70. The molecule has 0 bridgehead atoms. The maximum Gasteiger partial charge on any atom is 0.328 e. The Morgan fingerprint density at radius 1 is 1.33 bits per heavy atom. The molecule has 1 N–H and O–H groups in total. The van der Waals surface area contributed by atoms with Crippen molar-refractivity contribution in [1.82, 2.24) is 0 Å². The van der Waals surface area contributed by atoms with E-state index in [4.69, 9.17) is 4.74 Å². The third-order valence-corrected chi connectivity index (χ3v) is 3.78. The second-order valence-electron chi connectivity index (χ2n) is 4.89. The van der Waals surface area contributed by atoms with E-state index < -0.39 is 17.4 Å². The predicted octanol–water partition coefficient (Wildman–Crippen LogP) is 3.69. The van der Waals surface area contributed by atoms with Crippen molar-refractivity contribution in [2.75, 3.05) is 6.61 Å². The number of halogens is 1. The first-order chi connectivity index (χ1) is 9.84. The molecule has 0 saturated carbocycles. The fourth-order valence-electron chi connectivity index (χ4n) is 2.07. The summed E-state index contributed by atoms with van der Waals surface area (Å²) in [5, 5.41) is 9.71. The second-order valence-corrected chi connectivity index (χ2v) is 5.81. The summed E-state index contributed by atoms with van der Waals surface area (Å²) in [6.45, 7) is 7.38. The standard InChI is InChI=1S/C16H19BrO4/c1-4-21-15(20)16(14(18)19,10-9-11(2)3)12-5-7-13(17)8-6-12/h5-8H,2,4,9-10H2,1,3H3,(H,18,19). The topological polar surface area (TPSA) is 63.6 Å². The maximum absolute atomic E-state index is 12.4. The number of carbonyl (C=O) groups excluding carboxylic acids is 1. The number of benzene rings is 1. The molecule has 21 heavy (non-hydrogen) atoms. The molecule has 0 spiro atoms. The van der Waals surface area contributed by atoms with Crippen LogP contribution in [0.3, 0.4) is 0 Å². The number of rotatable bonds is 7. The van der Waals surface area contributed by atoms with Crippen molar-refractivity contribution in [2.24, 2.45) is 0 Å². The molecular weight excluding hydrogens is 336 g/mol. The van der Waals surface area contributed by atoms with Gasteiger partial charge in [-0.25, -0.2) is 0 Å². The number of aliphatic carboxylic acids is 1. The number of hydrogen-bond donors (Lipinski definition) is 1. The van der Waals surface area contributed by atoms with E-state index in [-0.39, 0.29) is 13.0 Å². The van der Waals surface area contributed by atoms with Gasteiger partial charge in [0.1, 0.15) is 0 Å². The lowest BCUT2D eigenvalue weighted by molar-refractivity contribution is -0.162. The summed E-state index contributed by atoms with van der Waals surface area (Å²) in [6.07, 6.45) is 0.555. The average Bonchev–Trinajstić information content (AvgIpc) is 2.41. The molecule has 0 heterocycles. The van der Waals surface area contributed by atoms with Crippen molar-refractivity contribution >= 4 is 27.9 Å². The van der Waals surface area contributed by atoms with Crippen LogP contribution in [-0.4, -0.2) is 23.7 Å². The number of ether oxygens (including phenoxy) is 1. The average molecular weight is 355 g/mol. The van der Waals surface area contributed by atoms with Crippen molar-refractivity contribution < 1.29 is 19.4 Å². The monoisotopic (exact) mass is 354 g/mol. The fourth-order valence-corrected chi connectivity index (χ4v) is 2.34. The Morgan fingerprint density at radius 2 is 1.90 bits per heavy atom. The van der Waals surface area contributed by atoms with Gasteiger partial charge in [0.2, 0.25) is 0 Å². The minimum absolute atomic E-state index is 0.123. The zero-order valence-electron chi connectivity index (χ0n) is 12.2. The highest BCUT2D eigenvalue weighted by molar-refractivity contribution is 9.10. The molecular formula is C16H19BrO4.